The Labute approximate surface area is 188 Å². The van der Waals surface area contributed by atoms with E-state index in [9.17, 15) is 24.5 Å². The van der Waals surface area contributed by atoms with Gasteiger partial charge in [0.2, 0.25) is 0 Å². The summed E-state index contributed by atoms with van der Waals surface area (Å²) in [4.78, 5) is 50.5. The van der Waals surface area contributed by atoms with Crippen LogP contribution in [0.5, 0.6) is 5.75 Å². The van der Waals surface area contributed by atoms with Gasteiger partial charge in [0.1, 0.15) is 5.75 Å². The van der Waals surface area contributed by atoms with Crippen LogP contribution in [0, 0.1) is 10.1 Å². The van der Waals surface area contributed by atoms with E-state index in [2.05, 4.69) is 5.32 Å². The highest BCUT2D eigenvalue weighted by Crippen LogP contribution is 2.33. The molecular weight excluding hydrogens is 426 g/mol. The van der Waals surface area contributed by atoms with Crippen LogP contribution in [-0.2, 0) is 0 Å². The Morgan fingerprint density at radius 2 is 1.70 bits per heavy atom. The van der Waals surface area contributed by atoms with Crippen LogP contribution in [0.2, 0.25) is 0 Å². The number of non-ortho nitro benzene ring substituents is 1. The molecule has 0 spiro atoms. The average molecular weight is 445 g/mol. The van der Waals surface area contributed by atoms with Crippen LogP contribution in [0.1, 0.15) is 49.6 Å². The first-order valence-electron chi connectivity index (χ1n) is 10.0. The largest absolute Gasteiger partial charge is 0.495 e. The van der Waals surface area contributed by atoms with Crippen LogP contribution in [0.3, 0.4) is 0 Å². The first kappa shape index (κ1) is 21.7. The van der Waals surface area contributed by atoms with Crippen LogP contribution >= 0.6 is 0 Å². The van der Waals surface area contributed by atoms with Crippen molar-refractivity contribution >= 4 is 29.1 Å². The summed E-state index contributed by atoms with van der Waals surface area (Å²) < 4.78 is 5.16. The maximum Gasteiger partial charge on any atom is 0.271 e. The van der Waals surface area contributed by atoms with E-state index in [4.69, 9.17) is 4.74 Å². The summed E-state index contributed by atoms with van der Waals surface area (Å²) in [6.45, 7) is 1.76. The van der Waals surface area contributed by atoms with Gasteiger partial charge in [0.05, 0.1) is 34.9 Å². The number of nitrogens with zero attached hydrogens (tertiary/aromatic N) is 2. The predicted octanol–water partition coefficient (Wildman–Crippen LogP) is 4.21. The zero-order valence-electron chi connectivity index (χ0n) is 17.8. The highest BCUT2D eigenvalue weighted by atomic mass is 16.6. The average Bonchev–Trinajstić information content (AvgIpc) is 3.08. The molecule has 1 N–H and O–H groups in total. The van der Waals surface area contributed by atoms with Crippen LogP contribution in [0.4, 0.5) is 11.4 Å². The van der Waals surface area contributed by atoms with E-state index in [1.807, 2.05) is 30.3 Å². The maximum atomic E-state index is 13.1. The molecule has 0 fully saturated rings. The lowest BCUT2D eigenvalue weighted by Crippen LogP contribution is -2.32. The number of benzene rings is 3. The van der Waals surface area contributed by atoms with E-state index in [0.717, 1.165) is 5.56 Å². The molecule has 3 aromatic rings. The lowest BCUT2D eigenvalue weighted by Gasteiger charge is -2.22. The Bertz CT molecular complexity index is 1290. The second-order valence-corrected chi connectivity index (χ2v) is 7.42. The molecule has 0 saturated carbocycles. The van der Waals surface area contributed by atoms with E-state index >= 15 is 0 Å². The van der Waals surface area contributed by atoms with Gasteiger partial charge in [-0.15, -0.1) is 0 Å². The molecule has 0 bridgehead atoms. The molecule has 1 aliphatic heterocycles. The van der Waals surface area contributed by atoms with Gasteiger partial charge < -0.3 is 10.1 Å². The van der Waals surface area contributed by atoms with Crippen molar-refractivity contribution in [3.63, 3.8) is 0 Å². The van der Waals surface area contributed by atoms with E-state index in [1.54, 1.807) is 6.92 Å². The summed E-state index contributed by atoms with van der Waals surface area (Å²) in [5, 5.41) is 13.6. The van der Waals surface area contributed by atoms with Crippen LogP contribution in [-0.4, -0.2) is 34.7 Å². The fourth-order valence-electron chi connectivity index (χ4n) is 3.73. The number of methoxy groups -OCH3 is 1. The molecule has 1 atom stereocenters. The number of hydrogen-bond acceptors (Lipinski definition) is 6. The minimum Gasteiger partial charge on any atom is -0.495 e. The molecule has 0 radical (unpaired) electrons. The zero-order valence-corrected chi connectivity index (χ0v) is 17.8. The molecule has 1 unspecified atom stereocenters. The SMILES string of the molecule is COc1ccc([N+](=O)[O-])cc1NC(=O)c1ccc2c(c1)C(=O)N(C(C)c1ccccc1)C2=O. The Kier molecular flexibility index (Phi) is 5.61. The number of hydrogen-bond donors (Lipinski definition) is 1. The Hall–Kier alpha value is -4.53. The smallest absolute Gasteiger partial charge is 0.271 e. The quantitative estimate of drug-likeness (QED) is 0.345. The number of nitro groups is 1. The lowest BCUT2D eigenvalue weighted by molar-refractivity contribution is -0.384. The molecule has 9 heteroatoms. The van der Waals surface area contributed by atoms with E-state index in [0.29, 0.717) is 0 Å². The van der Waals surface area contributed by atoms with E-state index in [1.165, 1.54) is 48.4 Å². The third kappa shape index (κ3) is 3.91. The van der Waals surface area contributed by atoms with Crippen molar-refractivity contribution < 1.29 is 24.0 Å². The summed E-state index contributed by atoms with van der Waals surface area (Å²) in [7, 11) is 1.37. The minimum absolute atomic E-state index is 0.110. The third-order valence-electron chi connectivity index (χ3n) is 5.49. The number of anilines is 1. The third-order valence-corrected chi connectivity index (χ3v) is 5.49. The number of nitrogens with one attached hydrogen (secondary N) is 1. The van der Waals surface area contributed by atoms with Gasteiger partial charge in [-0.05, 0) is 36.8 Å². The molecule has 1 aliphatic rings. The molecular formula is C24H19N3O6. The first-order chi connectivity index (χ1) is 15.8. The summed E-state index contributed by atoms with van der Waals surface area (Å²) in [5.74, 6) is -1.29. The molecule has 33 heavy (non-hydrogen) atoms. The van der Waals surface area contributed by atoms with Gasteiger partial charge in [-0.3, -0.25) is 29.4 Å². The topological polar surface area (TPSA) is 119 Å². The normalized spacial score (nSPS) is 13.5. The molecule has 166 valence electrons. The Morgan fingerprint density at radius 3 is 2.36 bits per heavy atom. The van der Waals surface area contributed by atoms with Crippen molar-refractivity contribution in [2.45, 2.75) is 13.0 Å². The van der Waals surface area contributed by atoms with Gasteiger partial charge in [0.15, 0.2) is 0 Å². The highest BCUT2D eigenvalue weighted by Gasteiger charge is 2.39. The predicted molar refractivity (Wildman–Crippen MR) is 119 cm³/mol. The second kappa shape index (κ2) is 8.54. The van der Waals surface area contributed by atoms with Crippen LogP contribution in [0.15, 0.2) is 66.7 Å². The fraction of sp³-hybridized carbons (Fsp3) is 0.125. The number of amides is 3. The Morgan fingerprint density at radius 1 is 1.00 bits per heavy atom. The summed E-state index contributed by atoms with van der Waals surface area (Å²) in [5.41, 5.74) is 1.17. The molecule has 4 rings (SSSR count). The van der Waals surface area contributed by atoms with Gasteiger partial charge in [0.25, 0.3) is 23.4 Å². The summed E-state index contributed by atoms with van der Waals surface area (Å²) in [6.07, 6.45) is 0. The number of carbonyl (C=O) groups excluding carboxylic acids is 3. The van der Waals surface area contributed by atoms with Crippen molar-refractivity contribution in [3.8, 4) is 5.75 Å². The van der Waals surface area contributed by atoms with Crippen molar-refractivity contribution in [1.29, 1.82) is 0 Å². The van der Waals surface area contributed by atoms with Gasteiger partial charge in [-0.1, -0.05) is 30.3 Å². The monoisotopic (exact) mass is 445 g/mol. The van der Waals surface area contributed by atoms with E-state index in [-0.39, 0.29) is 33.8 Å². The number of nitro benzene ring substituents is 1. The van der Waals surface area contributed by atoms with Gasteiger partial charge in [0, 0.05) is 17.7 Å². The minimum atomic E-state index is -0.605. The molecule has 0 aromatic heterocycles. The van der Waals surface area contributed by atoms with Crippen molar-refractivity contribution in [1.82, 2.24) is 4.90 Å². The summed E-state index contributed by atoms with van der Waals surface area (Å²) in [6, 6.07) is 16.7. The maximum absolute atomic E-state index is 13.1. The van der Waals surface area contributed by atoms with Crippen molar-refractivity contribution in [3.05, 3.63) is 99.1 Å². The zero-order chi connectivity index (χ0) is 23.7. The molecule has 9 nitrogen and oxygen atoms in total. The molecule has 0 aliphatic carbocycles. The van der Waals surface area contributed by atoms with Crippen molar-refractivity contribution in [2.24, 2.45) is 0 Å². The van der Waals surface area contributed by atoms with E-state index < -0.39 is 28.7 Å². The van der Waals surface area contributed by atoms with Crippen molar-refractivity contribution in [2.75, 3.05) is 12.4 Å². The van der Waals surface area contributed by atoms with Crippen LogP contribution in [0.25, 0.3) is 0 Å². The second-order valence-electron chi connectivity index (χ2n) is 7.42. The standard InChI is InChI=1S/C24H19N3O6/c1-14(15-6-4-3-5-7-15)26-23(29)18-10-8-16(12-19(18)24(26)30)22(28)25-20-13-17(27(31)32)9-11-21(20)33-2/h3-14H,1-2H3,(H,25,28). The van der Waals surface area contributed by atoms with Gasteiger partial charge in [-0.25, -0.2) is 0 Å². The molecule has 1 heterocycles. The lowest BCUT2D eigenvalue weighted by atomic mass is 10.1. The first-order valence-corrected chi connectivity index (χ1v) is 10.0. The van der Waals surface area contributed by atoms with Gasteiger partial charge in [-0.2, -0.15) is 0 Å². The highest BCUT2D eigenvalue weighted by molar-refractivity contribution is 6.22. The molecule has 3 aromatic carbocycles. The number of imide groups is 1. The summed E-state index contributed by atoms with van der Waals surface area (Å²) >= 11 is 0. The number of rotatable bonds is 6. The number of carbonyl (C=O) groups is 3. The van der Waals surface area contributed by atoms with Crippen LogP contribution < -0.4 is 10.1 Å². The molecule has 0 saturated heterocycles. The van der Waals surface area contributed by atoms with Gasteiger partial charge >= 0.3 is 0 Å². The Balaban J connectivity index is 1.62. The number of ether oxygens (including phenoxy) is 1. The number of fused-ring (bicyclic) bond motifs is 1. The fourth-order valence-corrected chi connectivity index (χ4v) is 3.73. The molecule has 3 amide bonds.